The van der Waals surface area contributed by atoms with Gasteiger partial charge in [-0.2, -0.15) is 0 Å². The Morgan fingerprint density at radius 3 is 1.74 bits per heavy atom. The smallest absolute Gasteiger partial charge is 0.264 e. The van der Waals surface area contributed by atoms with Crippen molar-refractivity contribution in [2.24, 2.45) is 5.92 Å². The van der Waals surface area contributed by atoms with E-state index in [4.69, 9.17) is 4.74 Å². The van der Waals surface area contributed by atoms with E-state index in [-0.39, 0.29) is 63.0 Å². The van der Waals surface area contributed by atoms with Crippen molar-refractivity contribution in [3.63, 3.8) is 0 Å². The lowest BCUT2D eigenvalue weighted by molar-refractivity contribution is -0.150. The summed E-state index contributed by atoms with van der Waals surface area (Å²) in [6, 6.07) is 43.1. The van der Waals surface area contributed by atoms with Crippen molar-refractivity contribution in [3.05, 3.63) is 150 Å². The fourth-order valence-electron chi connectivity index (χ4n) is 13.4. The number of carbonyl (C=O) groups is 4. The second-order valence-corrected chi connectivity index (χ2v) is 25.4. The molecule has 0 aromatic heterocycles. The summed E-state index contributed by atoms with van der Waals surface area (Å²) in [5.41, 5.74) is 2.06. The highest BCUT2D eigenvalue weighted by Gasteiger charge is 2.67. The van der Waals surface area contributed by atoms with Gasteiger partial charge >= 0.3 is 0 Å². The molecule has 16 heteroatoms. The molecule has 5 saturated heterocycles. The largest absolute Gasteiger partial charge is 0.395 e. The number of piperidine rings is 2. The number of amides is 4. The Morgan fingerprint density at radius 1 is 0.689 bits per heavy atom. The summed E-state index contributed by atoms with van der Waals surface area (Å²) in [4.78, 5) is 71.7. The third kappa shape index (κ3) is 8.38. The maximum atomic E-state index is 17.3. The number of halogens is 1. The molecule has 3 N–H and O–H groups in total. The molecule has 4 atom stereocenters. The Hall–Kier alpha value is -6.43. The number of carbonyl (C=O) groups excluding carboxylic acids is 4. The van der Waals surface area contributed by atoms with Crippen LogP contribution in [0.5, 0.6) is 0 Å². The van der Waals surface area contributed by atoms with Gasteiger partial charge in [0.25, 0.3) is 17.7 Å². The highest BCUT2D eigenvalue weighted by molar-refractivity contribution is 6.72. The molecule has 0 bridgehead atoms. The molecule has 0 radical (unpaired) electrons. The zero-order chi connectivity index (χ0) is 51.4. The summed E-state index contributed by atoms with van der Waals surface area (Å²) in [5, 5.41) is 17.0. The number of nitrogens with one attached hydrogen (secondary N) is 2. The number of ether oxygens (including phenoxy) is 1. The third-order valence-corrected chi connectivity index (χ3v) is 19.5. The fraction of sp³-hybridized carbons (Fsp3) is 0.414. The number of anilines is 5. The summed E-state index contributed by atoms with van der Waals surface area (Å²) in [5.74, 6) is -1.38. The van der Waals surface area contributed by atoms with Crippen LogP contribution in [-0.2, 0) is 42.6 Å². The van der Waals surface area contributed by atoms with Crippen LogP contribution in [0.15, 0.2) is 133 Å². The Morgan fingerprint density at radius 2 is 1.20 bits per heavy atom. The van der Waals surface area contributed by atoms with Gasteiger partial charge < -0.3 is 44.2 Å². The first kappa shape index (κ1) is 49.8. The highest BCUT2D eigenvalue weighted by Crippen LogP contribution is 2.61. The van der Waals surface area contributed by atoms with E-state index < -0.39 is 42.6 Å². The van der Waals surface area contributed by atoms with Crippen LogP contribution in [0, 0.1) is 5.92 Å². The number of aliphatic hydroxyl groups excluding tert-OH is 1. The van der Waals surface area contributed by atoms with E-state index in [1.165, 1.54) is 0 Å². The number of rotatable bonds is 13. The predicted octanol–water partition coefficient (Wildman–Crippen LogP) is 7.29. The topological polar surface area (TPSA) is 141 Å². The van der Waals surface area contributed by atoms with Crippen LogP contribution in [0.2, 0.25) is 18.6 Å². The summed E-state index contributed by atoms with van der Waals surface area (Å²) in [6.07, 6.45) is 1.41. The zero-order valence-corrected chi connectivity index (χ0v) is 43.6. The second kappa shape index (κ2) is 19.7. The van der Waals surface area contributed by atoms with Gasteiger partial charge in [0.1, 0.15) is 11.1 Å². The summed E-state index contributed by atoms with van der Waals surface area (Å²) in [7, 11) is -3.72. The van der Waals surface area contributed by atoms with E-state index in [9.17, 15) is 14.7 Å². The van der Waals surface area contributed by atoms with E-state index in [2.05, 4.69) is 32.6 Å². The molecule has 6 aliphatic heterocycles. The summed E-state index contributed by atoms with van der Waals surface area (Å²) < 4.78 is 24.5. The fourth-order valence-corrected chi connectivity index (χ4v) is 15.9. The zero-order valence-electron chi connectivity index (χ0n) is 42.6. The first-order valence-electron chi connectivity index (χ1n) is 26.3. The van der Waals surface area contributed by atoms with Gasteiger partial charge in [-0.15, -0.1) is 0 Å². The average molecular weight is 1020 g/mol. The average Bonchev–Trinajstić information content (AvgIpc) is 4.05. The Kier molecular flexibility index (Phi) is 13.2. The molecule has 0 saturated carbocycles. The lowest BCUT2D eigenvalue weighted by Gasteiger charge is -2.39. The maximum Gasteiger partial charge on any atom is 0.264 e. The lowest BCUT2D eigenvalue weighted by atomic mass is 9.82. The van der Waals surface area contributed by atoms with Crippen molar-refractivity contribution in [2.75, 3.05) is 77.2 Å². The van der Waals surface area contributed by atoms with Gasteiger partial charge in [-0.1, -0.05) is 85.8 Å². The molecule has 0 unspecified atom stereocenters. The van der Waals surface area contributed by atoms with Crippen LogP contribution in [0.4, 0.5) is 32.5 Å². The van der Waals surface area contributed by atoms with Crippen LogP contribution in [0.1, 0.15) is 55.7 Å². The molecule has 11 rings (SSSR count). The molecule has 3 spiro atoms. The summed E-state index contributed by atoms with van der Waals surface area (Å²) in [6.45, 7) is 8.80. The van der Waals surface area contributed by atoms with Gasteiger partial charge in [-0.3, -0.25) is 29.0 Å². The van der Waals surface area contributed by atoms with E-state index in [0.717, 1.165) is 41.3 Å². The number of benzene rings is 5. The second-order valence-electron chi connectivity index (χ2n) is 21.6. The molecule has 4 amide bonds. The Labute approximate surface area is 434 Å². The van der Waals surface area contributed by atoms with Gasteiger partial charge in [-0.25, -0.2) is 0 Å². The molecule has 0 aliphatic carbocycles. The Balaban J connectivity index is 0.974. The molecule has 14 nitrogen and oxygen atoms in total. The van der Waals surface area contributed by atoms with Gasteiger partial charge in [0.05, 0.1) is 44.7 Å². The minimum atomic E-state index is -3.72. The van der Waals surface area contributed by atoms with Gasteiger partial charge in [0.2, 0.25) is 14.3 Å². The van der Waals surface area contributed by atoms with E-state index in [1.54, 1.807) is 22.9 Å². The molecular weight excluding hydrogens is 952 g/mol. The number of fused-ring (bicyclic) bond motifs is 2. The molecule has 5 aromatic rings. The molecule has 5 aromatic carbocycles. The van der Waals surface area contributed by atoms with Crippen LogP contribution in [0.3, 0.4) is 0 Å². The van der Waals surface area contributed by atoms with Crippen molar-refractivity contribution in [1.29, 1.82) is 0 Å². The molecular formula is C58H67FN8O6Si. The quantitative estimate of drug-likeness (QED) is 0.0815. The standard InChI is InChI=1S/C58H67FN8O6Si/c1-41-52(74(2,3)59)50(36-51(69)62(32-33-68)37-42-14-7-4-8-15-42)73-58(41)48-35-47(65-40-67(45-19-11-6-12-20-45)57(54(65)71)26-30-61-31-27-57)22-23-49(48)63(55(58)72)38-43-16-13-21-46(34-43)64-39-66(44-17-9-5-10-18-44)56(53(64)70)24-28-60-29-25-56/h4-23,34-35,41,50,52,60-61,68H,24-33,36-40H2,1-3H3/t41-,50+,52-,58+/m1/s1. The van der Waals surface area contributed by atoms with Crippen LogP contribution in [0.25, 0.3) is 0 Å². The maximum absolute atomic E-state index is 17.3. The third-order valence-electron chi connectivity index (χ3n) is 17.0. The van der Waals surface area contributed by atoms with Gasteiger partial charge in [0, 0.05) is 52.9 Å². The van der Waals surface area contributed by atoms with Crippen molar-refractivity contribution >= 4 is 60.5 Å². The number of nitrogens with zero attached hydrogens (tertiary/aromatic N) is 6. The van der Waals surface area contributed by atoms with Gasteiger partial charge in [0.15, 0.2) is 5.60 Å². The van der Waals surface area contributed by atoms with Crippen LogP contribution >= 0.6 is 0 Å². The first-order valence-corrected chi connectivity index (χ1v) is 29.3. The minimum absolute atomic E-state index is 0.0233. The number of hydrogen-bond donors (Lipinski definition) is 3. The minimum Gasteiger partial charge on any atom is -0.395 e. The van der Waals surface area contributed by atoms with Crippen LogP contribution < -0.4 is 35.1 Å². The molecule has 6 heterocycles. The van der Waals surface area contributed by atoms with Gasteiger partial charge in [-0.05, 0) is 131 Å². The van der Waals surface area contributed by atoms with Crippen molar-refractivity contribution < 1.29 is 33.1 Å². The number of hydrogen-bond acceptors (Lipinski definition) is 10. The molecule has 6 aliphatic rings. The van der Waals surface area contributed by atoms with Crippen molar-refractivity contribution in [2.45, 2.75) is 93.5 Å². The molecule has 386 valence electrons. The molecule has 5 fully saturated rings. The van der Waals surface area contributed by atoms with Crippen LogP contribution in [-0.4, -0.2) is 112 Å². The number of aliphatic hydroxyl groups is 1. The van der Waals surface area contributed by atoms with Crippen molar-refractivity contribution in [3.8, 4) is 0 Å². The van der Waals surface area contributed by atoms with E-state index in [1.807, 2.05) is 138 Å². The first-order chi connectivity index (χ1) is 35.8. The summed E-state index contributed by atoms with van der Waals surface area (Å²) >= 11 is 0. The van der Waals surface area contributed by atoms with E-state index >= 15 is 13.7 Å². The van der Waals surface area contributed by atoms with Crippen molar-refractivity contribution in [1.82, 2.24) is 15.5 Å². The van der Waals surface area contributed by atoms with E-state index in [0.29, 0.717) is 62.4 Å². The normalized spacial score (nSPS) is 24.3. The lowest BCUT2D eigenvalue weighted by Crippen LogP contribution is -2.55. The highest BCUT2D eigenvalue weighted by atomic mass is 28.4. The number of para-hydroxylation sites is 2. The Bertz CT molecular complexity index is 2900. The molecule has 74 heavy (non-hydrogen) atoms. The predicted molar refractivity (Wildman–Crippen MR) is 288 cm³/mol. The monoisotopic (exact) mass is 1020 g/mol. The SMILES string of the molecule is C[C@@H]1[C@@H]([Si](C)(C)F)[C@H](CC(=O)N(CCO)Cc2ccccc2)O[C@@]12C(=O)N(Cc1cccc(N3CN(c4ccccc4)C4(CCNCC4)C3=O)c1)c1ccc(N3CN(c4ccccc4)C4(CCNCC4)C3=O)cc12.